The van der Waals surface area contributed by atoms with Crippen molar-refractivity contribution in [1.82, 2.24) is 10.3 Å². The number of urea groups is 1. The van der Waals surface area contributed by atoms with Gasteiger partial charge in [0, 0.05) is 25.0 Å². The van der Waals surface area contributed by atoms with Crippen LogP contribution < -0.4 is 37.9 Å². The Hall–Kier alpha value is -5.47. The summed E-state index contributed by atoms with van der Waals surface area (Å²) in [6, 6.07) is 12.6. The van der Waals surface area contributed by atoms with Gasteiger partial charge in [-0.25, -0.2) is 13.6 Å². The van der Waals surface area contributed by atoms with Crippen LogP contribution in [-0.4, -0.2) is 35.8 Å². The van der Waals surface area contributed by atoms with Crippen LogP contribution in [0, 0.1) is 11.6 Å². The number of nitrogen functional groups attached to an aromatic ring is 1. The van der Waals surface area contributed by atoms with E-state index >= 15 is 0 Å². The number of benzene rings is 3. The first-order chi connectivity index (χ1) is 20.8. The van der Waals surface area contributed by atoms with E-state index in [1.54, 1.807) is 30.3 Å². The summed E-state index contributed by atoms with van der Waals surface area (Å²) >= 11 is 11.3. The van der Waals surface area contributed by atoms with Crippen LogP contribution in [-0.2, 0) is 0 Å². The Balaban J connectivity index is 0.000000369. The zero-order valence-corrected chi connectivity index (χ0v) is 24.1. The number of ether oxygens (including phenoxy) is 1. The van der Waals surface area contributed by atoms with E-state index in [-0.39, 0.29) is 44.1 Å². The molecule has 12 nitrogen and oxygen atoms in total. The number of carbonyl (C=O) groups is 4. The predicted octanol–water partition coefficient (Wildman–Crippen LogP) is 4.93. The van der Waals surface area contributed by atoms with Crippen molar-refractivity contribution < 1.29 is 32.7 Å². The van der Waals surface area contributed by atoms with E-state index in [1.165, 1.54) is 19.3 Å². The number of nitrogens with zero attached hydrogens (tertiary/aromatic N) is 1. The lowest BCUT2D eigenvalue weighted by molar-refractivity contribution is 0.0955. The van der Waals surface area contributed by atoms with Crippen molar-refractivity contribution in [3.8, 4) is 11.5 Å². The molecular weight excluding hydrogens is 623 g/mol. The fourth-order valence-corrected chi connectivity index (χ4v) is 3.83. The largest absolute Gasteiger partial charge is 0.457 e. The van der Waals surface area contributed by atoms with Gasteiger partial charge < -0.3 is 37.9 Å². The Morgan fingerprint density at radius 3 is 1.98 bits per heavy atom. The number of aromatic nitrogens is 1. The molecule has 0 atom stereocenters. The minimum atomic E-state index is -0.856. The monoisotopic (exact) mass is 645 g/mol. The molecule has 0 unspecified atom stereocenters. The van der Waals surface area contributed by atoms with Crippen molar-refractivity contribution in [1.29, 1.82) is 0 Å². The molecule has 5 amide bonds. The SMILES string of the molecule is CNC(=O)c1cc(Oc2ccc(NC(=O)Nc3cc(C(N)=O)c(Cl)cc3F)cc2)ccn1.NC(=O)c1cc(N)c(F)cc1Cl. The molecule has 1 aromatic heterocycles. The molecule has 0 spiro atoms. The third-order valence-electron chi connectivity index (χ3n) is 5.46. The van der Waals surface area contributed by atoms with Crippen LogP contribution in [0.3, 0.4) is 0 Å². The molecule has 0 saturated heterocycles. The summed E-state index contributed by atoms with van der Waals surface area (Å²) in [6.07, 6.45) is 1.44. The molecule has 1 heterocycles. The number of hydrogen-bond acceptors (Lipinski definition) is 7. The first-order valence-corrected chi connectivity index (χ1v) is 12.9. The molecule has 9 N–H and O–H groups in total. The number of halogens is 4. The molecule has 44 heavy (non-hydrogen) atoms. The number of pyridine rings is 1. The molecule has 0 radical (unpaired) electrons. The van der Waals surface area contributed by atoms with Gasteiger partial charge in [0.05, 0.1) is 32.5 Å². The van der Waals surface area contributed by atoms with E-state index in [4.69, 9.17) is 45.1 Å². The number of hydrogen-bond donors (Lipinski definition) is 6. The summed E-state index contributed by atoms with van der Waals surface area (Å²) in [6.45, 7) is 0. The topological polar surface area (TPSA) is 205 Å². The van der Waals surface area contributed by atoms with Crippen molar-refractivity contribution in [3.63, 3.8) is 0 Å². The molecule has 0 aliphatic heterocycles. The van der Waals surface area contributed by atoms with Crippen LogP contribution in [0.4, 0.5) is 30.6 Å². The number of nitrogens with one attached hydrogen (secondary N) is 3. The number of anilines is 3. The van der Waals surface area contributed by atoms with E-state index in [0.717, 1.165) is 24.3 Å². The zero-order chi connectivity index (χ0) is 32.6. The minimum Gasteiger partial charge on any atom is -0.457 e. The number of nitrogens with two attached hydrogens (primary N) is 3. The first-order valence-electron chi connectivity index (χ1n) is 12.2. The predicted molar refractivity (Wildman–Crippen MR) is 161 cm³/mol. The second-order valence-electron chi connectivity index (χ2n) is 8.56. The first kappa shape index (κ1) is 33.0. The van der Waals surface area contributed by atoms with Gasteiger partial charge >= 0.3 is 6.03 Å². The molecule has 4 rings (SSSR count). The lowest BCUT2D eigenvalue weighted by atomic mass is 10.2. The van der Waals surface area contributed by atoms with E-state index in [0.29, 0.717) is 17.2 Å². The van der Waals surface area contributed by atoms with E-state index in [9.17, 15) is 28.0 Å². The highest BCUT2D eigenvalue weighted by Gasteiger charge is 2.15. The van der Waals surface area contributed by atoms with Crippen LogP contribution in [0.25, 0.3) is 0 Å². The molecule has 0 aliphatic rings. The van der Waals surface area contributed by atoms with Crippen LogP contribution in [0.1, 0.15) is 31.2 Å². The Labute approximate surface area is 258 Å². The highest BCUT2D eigenvalue weighted by atomic mass is 35.5. The van der Waals surface area contributed by atoms with Gasteiger partial charge in [-0.2, -0.15) is 0 Å². The second kappa shape index (κ2) is 14.6. The molecule has 3 aromatic carbocycles. The summed E-state index contributed by atoms with van der Waals surface area (Å²) < 4.78 is 32.4. The molecule has 16 heteroatoms. The molecule has 228 valence electrons. The quantitative estimate of drug-likeness (QED) is 0.153. The van der Waals surface area contributed by atoms with Crippen LogP contribution in [0.15, 0.2) is 66.9 Å². The van der Waals surface area contributed by atoms with Crippen molar-refractivity contribution in [2.75, 3.05) is 23.4 Å². The lowest BCUT2D eigenvalue weighted by Crippen LogP contribution is -2.21. The fraction of sp³-hybridized carbons (Fsp3) is 0.0357. The van der Waals surface area contributed by atoms with Gasteiger partial charge in [-0.3, -0.25) is 19.4 Å². The highest BCUT2D eigenvalue weighted by molar-refractivity contribution is 6.34. The molecule has 0 aliphatic carbocycles. The maximum absolute atomic E-state index is 14.0. The van der Waals surface area contributed by atoms with Gasteiger partial charge in [0.25, 0.3) is 5.91 Å². The molecular formula is C28H23Cl2F2N7O5. The summed E-state index contributed by atoms with van der Waals surface area (Å²) in [4.78, 5) is 49.8. The Bertz CT molecular complexity index is 1740. The van der Waals surface area contributed by atoms with E-state index in [1.807, 2.05) is 0 Å². The minimum absolute atomic E-state index is 0.0237. The number of amides is 5. The Morgan fingerprint density at radius 1 is 0.795 bits per heavy atom. The average Bonchev–Trinajstić information content (AvgIpc) is 2.97. The normalized spacial score (nSPS) is 10.1. The van der Waals surface area contributed by atoms with Gasteiger partial charge in [0.1, 0.15) is 28.8 Å². The van der Waals surface area contributed by atoms with Crippen LogP contribution in [0.5, 0.6) is 11.5 Å². The average molecular weight is 646 g/mol. The second-order valence-corrected chi connectivity index (χ2v) is 9.37. The van der Waals surface area contributed by atoms with Crippen molar-refractivity contribution in [3.05, 3.63) is 105 Å². The summed E-state index contributed by atoms with van der Waals surface area (Å²) in [7, 11) is 1.50. The van der Waals surface area contributed by atoms with Gasteiger partial charge in [-0.1, -0.05) is 23.2 Å². The Kier molecular flexibility index (Phi) is 11.0. The van der Waals surface area contributed by atoms with E-state index < -0.39 is 29.5 Å². The number of carbonyl (C=O) groups excluding carboxylic acids is 4. The van der Waals surface area contributed by atoms with E-state index in [2.05, 4.69) is 20.9 Å². The lowest BCUT2D eigenvalue weighted by Gasteiger charge is -2.11. The summed E-state index contributed by atoms with van der Waals surface area (Å²) in [5, 5.41) is 7.09. The van der Waals surface area contributed by atoms with Gasteiger partial charge in [-0.05, 0) is 54.6 Å². The Morgan fingerprint density at radius 2 is 1.39 bits per heavy atom. The van der Waals surface area contributed by atoms with Crippen LogP contribution in [0.2, 0.25) is 10.0 Å². The molecule has 0 fully saturated rings. The highest BCUT2D eigenvalue weighted by Crippen LogP contribution is 2.26. The van der Waals surface area contributed by atoms with Crippen molar-refractivity contribution >= 4 is 64.0 Å². The summed E-state index contributed by atoms with van der Waals surface area (Å²) in [5.41, 5.74) is 15.4. The van der Waals surface area contributed by atoms with Gasteiger partial charge in [0.15, 0.2) is 0 Å². The number of rotatable bonds is 7. The van der Waals surface area contributed by atoms with Crippen LogP contribution >= 0.6 is 23.2 Å². The van der Waals surface area contributed by atoms with Gasteiger partial charge in [-0.15, -0.1) is 0 Å². The maximum Gasteiger partial charge on any atom is 0.323 e. The molecule has 0 bridgehead atoms. The fourth-order valence-electron chi connectivity index (χ4n) is 3.34. The van der Waals surface area contributed by atoms with Crippen molar-refractivity contribution in [2.45, 2.75) is 0 Å². The maximum atomic E-state index is 14.0. The number of primary amides is 2. The third kappa shape index (κ3) is 8.77. The smallest absolute Gasteiger partial charge is 0.323 e. The molecule has 0 saturated carbocycles. The standard InChI is InChI=1S/C21H17ClFN5O4.C7H6ClFN2O/c1-25-20(30)18-8-13(6-7-26-18)32-12-4-2-11(3-5-12)27-21(31)28-17-9-14(19(24)29)15(22)10-16(17)23;8-4-2-5(9)6(10)1-3(4)7(11)12/h2-10H,1H3,(H2,24,29)(H,25,30)(H2,27,28,31);1-2H,10H2,(H2,11,12). The molecule has 4 aromatic rings. The third-order valence-corrected chi connectivity index (χ3v) is 6.09. The van der Waals surface area contributed by atoms with Gasteiger partial charge in [0.2, 0.25) is 11.8 Å². The summed E-state index contributed by atoms with van der Waals surface area (Å²) in [5.74, 6) is -2.57. The zero-order valence-electron chi connectivity index (χ0n) is 22.6. The van der Waals surface area contributed by atoms with Crippen molar-refractivity contribution in [2.24, 2.45) is 11.5 Å².